The number of nitrogens with one attached hydrogen (secondary N) is 1. The molecule has 2 unspecified atom stereocenters. The SMILES string of the molecule is CC(CC(Cc1ccc(-c2ccccc2)cc1)NC(=O)CCC(=O)ON1C(=O)CCC1=O)C(=O)O. The molecule has 1 saturated heterocycles. The van der Waals surface area contributed by atoms with Crippen LogP contribution in [0.1, 0.15) is 44.6 Å². The molecule has 2 atom stereocenters. The number of amides is 3. The first-order chi connectivity index (χ1) is 16.7. The van der Waals surface area contributed by atoms with Gasteiger partial charge in [-0.25, -0.2) is 4.79 Å². The zero-order chi connectivity index (χ0) is 25.4. The first-order valence-electron chi connectivity index (χ1n) is 11.5. The van der Waals surface area contributed by atoms with Gasteiger partial charge in [0.1, 0.15) is 0 Å². The standard InChI is InChI=1S/C26H28N2O7/c1-17(26(33)34)15-21(16-18-7-9-20(10-8-18)19-5-3-2-4-6-19)27-22(29)11-14-25(32)35-28-23(30)12-13-24(28)31/h2-10,17,21H,11-16H2,1H3,(H,27,29)(H,33,34). The zero-order valence-electron chi connectivity index (χ0n) is 19.4. The van der Waals surface area contributed by atoms with Crippen molar-refractivity contribution < 1.29 is 33.9 Å². The molecule has 1 fully saturated rings. The largest absolute Gasteiger partial charge is 0.481 e. The average molecular weight is 481 g/mol. The highest BCUT2D eigenvalue weighted by Gasteiger charge is 2.33. The Balaban J connectivity index is 1.57. The monoisotopic (exact) mass is 480 g/mol. The molecule has 1 aliphatic heterocycles. The maximum atomic E-state index is 12.5. The van der Waals surface area contributed by atoms with E-state index in [1.54, 1.807) is 6.92 Å². The van der Waals surface area contributed by atoms with Crippen molar-refractivity contribution in [2.75, 3.05) is 0 Å². The molecule has 9 heteroatoms. The Labute approximate surface area is 203 Å². The lowest BCUT2D eigenvalue weighted by Crippen LogP contribution is -2.39. The molecule has 1 heterocycles. The molecule has 0 bridgehead atoms. The Hall–Kier alpha value is -4.01. The summed E-state index contributed by atoms with van der Waals surface area (Å²) in [7, 11) is 0. The second kappa shape index (κ2) is 11.9. The Morgan fingerprint density at radius 2 is 1.54 bits per heavy atom. The van der Waals surface area contributed by atoms with Crippen LogP contribution in [-0.2, 0) is 35.2 Å². The third kappa shape index (κ3) is 7.49. The van der Waals surface area contributed by atoms with Gasteiger partial charge in [-0.1, -0.05) is 61.5 Å². The predicted octanol–water partition coefficient (Wildman–Crippen LogP) is 2.88. The number of nitrogens with zero attached hydrogens (tertiary/aromatic N) is 1. The van der Waals surface area contributed by atoms with E-state index >= 15 is 0 Å². The molecule has 9 nitrogen and oxygen atoms in total. The molecule has 3 rings (SSSR count). The highest BCUT2D eigenvalue weighted by atomic mass is 16.7. The summed E-state index contributed by atoms with van der Waals surface area (Å²) in [6.45, 7) is 1.57. The van der Waals surface area contributed by atoms with Gasteiger partial charge in [0.2, 0.25) is 5.91 Å². The third-order valence-electron chi connectivity index (χ3n) is 5.72. The van der Waals surface area contributed by atoms with E-state index in [9.17, 15) is 29.1 Å². The molecule has 184 valence electrons. The summed E-state index contributed by atoms with van der Waals surface area (Å²) in [5.41, 5.74) is 3.05. The summed E-state index contributed by atoms with van der Waals surface area (Å²) in [6.07, 6.45) is 0.0585. The van der Waals surface area contributed by atoms with Crippen molar-refractivity contribution in [2.45, 2.75) is 51.5 Å². The average Bonchev–Trinajstić information content (AvgIpc) is 3.15. The van der Waals surface area contributed by atoms with Crippen molar-refractivity contribution in [3.8, 4) is 11.1 Å². The number of hydroxylamine groups is 2. The van der Waals surface area contributed by atoms with E-state index in [-0.39, 0.29) is 32.1 Å². The van der Waals surface area contributed by atoms with Crippen LogP contribution >= 0.6 is 0 Å². The van der Waals surface area contributed by atoms with E-state index in [4.69, 9.17) is 4.84 Å². The molecule has 35 heavy (non-hydrogen) atoms. The molecule has 0 aliphatic carbocycles. The lowest BCUT2D eigenvalue weighted by atomic mass is 9.95. The van der Waals surface area contributed by atoms with E-state index in [1.807, 2.05) is 54.6 Å². The lowest BCUT2D eigenvalue weighted by Gasteiger charge is -2.21. The Morgan fingerprint density at radius 3 is 2.14 bits per heavy atom. The molecular formula is C26H28N2O7. The summed E-state index contributed by atoms with van der Waals surface area (Å²) in [5.74, 6) is -4.14. The first kappa shape index (κ1) is 25.6. The van der Waals surface area contributed by atoms with Crippen molar-refractivity contribution in [3.63, 3.8) is 0 Å². The summed E-state index contributed by atoms with van der Waals surface area (Å²) in [6, 6.07) is 17.2. The number of rotatable bonds is 11. The fourth-order valence-corrected chi connectivity index (χ4v) is 3.79. The highest BCUT2D eigenvalue weighted by molar-refractivity contribution is 6.01. The molecule has 3 amide bonds. The van der Waals surface area contributed by atoms with Crippen molar-refractivity contribution in [3.05, 3.63) is 60.2 Å². The smallest absolute Gasteiger partial charge is 0.333 e. The van der Waals surface area contributed by atoms with Crippen LogP contribution in [0.2, 0.25) is 0 Å². The number of carbonyl (C=O) groups excluding carboxylic acids is 4. The van der Waals surface area contributed by atoms with Crippen LogP contribution in [0.3, 0.4) is 0 Å². The van der Waals surface area contributed by atoms with Crippen LogP contribution in [-0.4, -0.2) is 45.9 Å². The minimum Gasteiger partial charge on any atom is -0.481 e. The number of hydrogen-bond acceptors (Lipinski definition) is 6. The zero-order valence-corrected chi connectivity index (χ0v) is 19.4. The van der Waals surface area contributed by atoms with Crippen LogP contribution in [0.4, 0.5) is 0 Å². The molecule has 1 aliphatic rings. The number of aliphatic carboxylic acids is 1. The van der Waals surface area contributed by atoms with Crippen molar-refractivity contribution in [1.29, 1.82) is 0 Å². The van der Waals surface area contributed by atoms with Crippen LogP contribution in [0.5, 0.6) is 0 Å². The van der Waals surface area contributed by atoms with Crippen molar-refractivity contribution in [2.24, 2.45) is 5.92 Å². The summed E-state index contributed by atoms with van der Waals surface area (Å²) < 4.78 is 0. The topological polar surface area (TPSA) is 130 Å². The van der Waals surface area contributed by atoms with E-state index in [2.05, 4.69) is 5.32 Å². The van der Waals surface area contributed by atoms with Crippen LogP contribution in [0.25, 0.3) is 11.1 Å². The first-order valence-corrected chi connectivity index (χ1v) is 11.5. The number of carboxylic acids is 1. The summed E-state index contributed by atoms with van der Waals surface area (Å²) in [4.78, 5) is 63.7. The van der Waals surface area contributed by atoms with Crippen LogP contribution < -0.4 is 5.32 Å². The number of hydrogen-bond donors (Lipinski definition) is 2. The second-order valence-electron chi connectivity index (χ2n) is 8.55. The van der Waals surface area contributed by atoms with Gasteiger partial charge in [-0.05, 0) is 29.5 Å². The van der Waals surface area contributed by atoms with Gasteiger partial charge in [0.05, 0.1) is 12.3 Å². The Morgan fingerprint density at radius 1 is 0.943 bits per heavy atom. The van der Waals surface area contributed by atoms with Crippen molar-refractivity contribution >= 4 is 29.7 Å². The maximum absolute atomic E-state index is 12.5. The second-order valence-corrected chi connectivity index (χ2v) is 8.55. The van der Waals surface area contributed by atoms with E-state index in [0.717, 1.165) is 16.7 Å². The van der Waals surface area contributed by atoms with Gasteiger partial charge in [0.25, 0.3) is 11.8 Å². The summed E-state index contributed by atoms with van der Waals surface area (Å²) >= 11 is 0. The molecule has 2 aromatic carbocycles. The number of imide groups is 1. The van der Waals surface area contributed by atoms with Crippen molar-refractivity contribution in [1.82, 2.24) is 10.4 Å². The van der Waals surface area contributed by atoms with Crippen LogP contribution in [0, 0.1) is 5.92 Å². The number of carbonyl (C=O) groups is 5. The molecule has 2 aromatic rings. The van der Waals surface area contributed by atoms with Gasteiger partial charge in [0, 0.05) is 25.3 Å². The normalized spacial score (nSPS) is 14.9. The molecule has 0 spiro atoms. The number of carboxylic acid groups (broad SMARTS) is 1. The minimum absolute atomic E-state index is 0.0115. The Kier molecular flexibility index (Phi) is 8.72. The molecular weight excluding hydrogens is 452 g/mol. The fourth-order valence-electron chi connectivity index (χ4n) is 3.79. The van der Waals surface area contributed by atoms with E-state index < -0.39 is 41.6 Å². The number of benzene rings is 2. The van der Waals surface area contributed by atoms with Crippen LogP contribution in [0.15, 0.2) is 54.6 Å². The quantitative estimate of drug-likeness (QED) is 0.473. The Bertz CT molecular complexity index is 1070. The molecule has 2 N–H and O–H groups in total. The minimum atomic E-state index is -0.966. The third-order valence-corrected chi connectivity index (χ3v) is 5.72. The predicted molar refractivity (Wildman–Crippen MR) is 125 cm³/mol. The molecule has 0 saturated carbocycles. The van der Waals surface area contributed by atoms with E-state index in [0.29, 0.717) is 11.5 Å². The van der Waals surface area contributed by atoms with Gasteiger partial charge in [-0.2, -0.15) is 0 Å². The van der Waals surface area contributed by atoms with Gasteiger partial charge >= 0.3 is 11.9 Å². The highest BCUT2D eigenvalue weighted by Crippen LogP contribution is 2.21. The summed E-state index contributed by atoms with van der Waals surface area (Å²) in [5, 5.41) is 12.6. The molecule has 0 aromatic heterocycles. The molecule has 0 radical (unpaired) electrons. The van der Waals surface area contributed by atoms with Gasteiger partial charge in [-0.15, -0.1) is 5.06 Å². The lowest BCUT2D eigenvalue weighted by molar-refractivity contribution is -0.197. The van der Waals surface area contributed by atoms with Gasteiger partial charge in [0.15, 0.2) is 0 Å². The fraction of sp³-hybridized carbons (Fsp3) is 0.346. The maximum Gasteiger partial charge on any atom is 0.333 e. The van der Waals surface area contributed by atoms with Gasteiger partial charge < -0.3 is 15.3 Å². The van der Waals surface area contributed by atoms with Gasteiger partial charge in [-0.3, -0.25) is 19.2 Å². The van der Waals surface area contributed by atoms with E-state index in [1.165, 1.54) is 0 Å².